The largest absolute Gasteiger partial charge is 0.395 e. The lowest BCUT2D eigenvalue weighted by molar-refractivity contribution is 0.158. The van der Waals surface area contributed by atoms with Gasteiger partial charge in [0, 0.05) is 19.6 Å². The predicted molar refractivity (Wildman–Crippen MR) is 74.0 cm³/mol. The number of amides is 2. The van der Waals surface area contributed by atoms with E-state index in [-0.39, 0.29) is 32.3 Å². The normalized spacial score (nSPS) is 10.3. The molecule has 0 spiro atoms. The van der Waals surface area contributed by atoms with Crippen molar-refractivity contribution in [2.45, 2.75) is 13.3 Å². The first-order chi connectivity index (χ1) is 9.17. The van der Waals surface area contributed by atoms with Crippen LogP contribution in [0, 0.1) is 6.92 Å². The Kier molecular flexibility index (Phi) is 6.92. The fourth-order valence-electron chi connectivity index (χ4n) is 1.85. The van der Waals surface area contributed by atoms with E-state index in [0.29, 0.717) is 6.54 Å². The van der Waals surface area contributed by atoms with Gasteiger partial charge in [0.2, 0.25) is 0 Å². The smallest absolute Gasteiger partial charge is 0.317 e. The molecule has 0 bridgehead atoms. The Balaban J connectivity index is 2.36. The van der Waals surface area contributed by atoms with E-state index in [9.17, 15) is 4.79 Å². The number of benzene rings is 1. The molecule has 106 valence electrons. The Morgan fingerprint density at radius 2 is 1.95 bits per heavy atom. The lowest BCUT2D eigenvalue weighted by Crippen LogP contribution is -2.43. The van der Waals surface area contributed by atoms with Gasteiger partial charge < -0.3 is 20.4 Å². The number of hydrogen-bond donors (Lipinski definition) is 3. The van der Waals surface area contributed by atoms with Crippen molar-refractivity contribution in [3.05, 3.63) is 35.4 Å². The molecular weight excluding hydrogens is 244 g/mol. The highest BCUT2D eigenvalue weighted by Crippen LogP contribution is 2.04. The van der Waals surface area contributed by atoms with Crippen LogP contribution in [-0.4, -0.2) is 54.0 Å². The second-order valence-electron chi connectivity index (χ2n) is 4.41. The minimum absolute atomic E-state index is 0.106. The highest BCUT2D eigenvalue weighted by molar-refractivity contribution is 5.74. The molecule has 0 heterocycles. The molecule has 0 saturated heterocycles. The molecule has 0 atom stereocenters. The fourth-order valence-corrected chi connectivity index (χ4v) is 1.85. The van der Waals surface area contributed by atoms with Crippen LogP contribution >= 0.6 is 0 Å². The number of nitrogens with zero attached hydrogens (tertiary/aromatic N) is 1. The van der Waals surface area contributed by atoms with Crippen LogP contribution in [0.4, 0.5) is 4.79 Å². The van der Waals surface area contributed by atoms with Crippen molar-refractivity contribution in [3.63, 3.8) is 0 Å². The van der Waals surface area contributed by atoms with Gasteiger partial charge in [-0.3, -0.25) is 0 Å². The lowest BCUT2D eigenvalue weighted by atomic mass is 10.1. The number of nitrogens with one attached hydrogen (secondary N) is 1. The van der Waals surface area contributed by atoms with Gasteiger partial charge in [-0.1, -0.05) is 29.8 Å². The van der Waals surface area contributed by atoms with E-state index in [2.05, 4.69) is 11.4 Å². The first-order valence-electron chi connectivity index (χ1n) is 6.47. The molecule has 5 nitrogen and oxygen atoms in total. The average Bonchev–Trinajstić information content (AvgIpc) is 2.38. The molecule has 19 heavy (non-hydrogen) atoms. The van der Waals surface area contributed by atoms with Gasteiger partial charge in [0.05, 0.1) is 13.2 Å². The molecule has 0 radical (unpaired) electrons. The average molecular weight is 266 g/mol. The molecule has 0 aliphatic rings. The zero-order valence-electron chi connectivity index (χ0n) is 11.3. The van der Waals surface area contributed by atoms with Crippen molar-refractivity contribution < 1.29 is 15.0 Å². The van der Waals surface area contributed by atoms with E-state index in [1.165, 1.54) is 16.0 Å². The highest BCUT2D eigenvalue weighted by Gasteiger charge is 2.11. The van der Waals surface area contributed by atoms with Gasteiger partial charge in [-0.15, -0.1) is 0 Å². The summed E-state index contributed by atoms with van der Waals surface area (Å²) < 4.78 is 0. The SMILES string of the molecule is Cc1cccc(CCNC(=O)N(CCO)CCO)c1. The standard InChI is InChI=1S/C14H22N2O3/c1-12-3-2-4-13(11-12)5-6-15-14(19)16(7-9-17)8-10-18/h2-4,11,17-18H,5-10H2,1H3,(H,15,19). The van der Waals surface area contributed by atoms with Crippen LogP contribution in [-0.2, 0) is 6.42 Å². The molecule has 0 aromatic heterocycles. The Morgan fingerprint density at radius 3 is 2.53 bits per heavy atom. The van der Waals surface area contributed by atoms with Crippen LogP contribution in [0.1, 0.15) is 11.1 Å². The van der Waals surface area contributed by atoms with Crippen LogP contribution in [0.25, 0.3) is 0 Å². The second-order valence-corrected chi connectivity index (χ2v) is 4.41. The summed E-state index contributed by atoms with van der Waals surface area (Å²) in [5.41, 5.74) is 2.38. The molecular formula is C14H22N2O3. The maximum atomic E-state index is 11.8. The second kappa shape index (κ2) is 8.50. The molecule has 2 amide bonds. The molecule has 0 saturated carbocycles. The molecule has 0 aliphatic heterocycles. The Labute approximate surface area is 113 Å². The molecule has 3 N–H and O–H groups in total. The van der Waals surface area contributed by atoms with Crippen LogP contribution < -0.4 is 5.32 Å². The van der Waals surface area contributed by atoms with Gasteiger partial charge in [-0.2, -0.15) is 0 Å². The molecule has 5 heteroatoms. The molecule has 0 unspecified atom stereocenters. The minimum Gasteiger partial charge on any atom is -0.395 e. The van der Waals surface area contributed by atoms with Gasteiger partial charge >= 0.3 is 6.03 Å². The van der Waals surface area contributed by atoms with Gasteiger partial charge in [0.1, 0.15) is 0 Å². The Hall–Kier alpha value is -1.59. The zero-order chi connectivity index (χ0) is 14.1. The topological polar surface area (TPSA) is 72.8 Å². The first kappa shape index (κ1) is 15.5. The number of hydrogen-bond acceptors (Lipinski definition) is 3. The van der Waals surface area contributed by atoms with Crippen molar-refractivity contribution in [2.75, 3.05) is 32.8 Å². The number of carbonyl (C=O) groups excluding carboxylic acids is 1. The lowest BCUT2D eigenvalue weighted by Gasteiger charge is -2.21. The van der Waals surface area contributed by atoms with Gasteiger partial charge in [-0.05, 0) is 18.9 Å². The molecule has 1 rings (SSSR count). The summed E-state index contributed by atoms with van der Waals surface area (Å²) in [5.74, 6) is 0. The maximum Gasteiger partial charge on any atom is 0.317 e. The van der Waals surface area contributed by atoms with E-state index in [1.54, 1.807) is 0 Å². The van der Waals surface area contributed by atoms with E-state index < -0.39 is 0 Å². The van der Waals surface area contributed by atoms with Crippen LogP contribution in [0.3, 0.4) is 0 Å². The number of urea groups is 1. The quantitative estimate of drug-likeness (QED) is 0.674. The first-order valence-corrected chi connectivity index (χ1v) is 6.47. The fraction of sp³-hybridized carbons (Fsp3) is 0.500. The number of rotatable bonds is 7. The summed E-state index contributed by atoms with van der Waals surface area (Å²) in [6.07, 6.45) is 0.763. The predicted octanol–water partition coefficient (Wildman–Crippen LogP) is 0.534. The summed E-state index contributed by atoms with van der Waals surface area (Å²) in [7, 11) is 0. The van der Waals surface area contributed by atoms with Crippen LogP contribution in [0.15, 0.2) is 24.3 Å². The van der Waals surface area contributed by atoms with Crippen molar-refractivity contribution in [2.24, 2.45) is 0 Å². The van der Waals surface area contributed by atoms with E-state index in [0.717, 1.165) is 6.42 Å². The Morgan fingerprint density at radius 1 is 1.26 bits per heavy atom. The molecule has 1 aromatic rings. The number of aryl methyl sites for hydroxylation is 1. The zero-order valence-corrected chi connectivity index (χ0v) is 11.3. The minimum atomic E-state index is -0.254. The van der Waals surface area contributed by atoms with Gasteiger partial charge in [0.25, 0.3) is 0 Å². The maximum absolute atomic E-state index is 11.8. The Bertz CT molecular complexity index is 390. The molecule has 1 aromatic carbocycles. The van der Waals surface area contributed by atoms with Crippen molar-refractivity contribution >= 4 is 6.03 Å². The third kappa shape index (κ3) is 5.72. The number of aliphatic hydroxyl groups is 2. The van der Waals surface area contributed by atoms with Crippen molar-refractivity contribution in [1.29, 1.82) is 0 Å². The summed E-state index contributed by atoms with van der Waals surface area (Å²) in [5, 5.41) is 20.5. The van der Waals surface area contributed by atoms with Gasteiger partial charge in [0.15, 0.2) is 0 Å². The summed E-state index contributed by atoms with van der Waals surface area (Å²) in [6, 6.07) is 7.89. The van der Waals surface area contributed by atoms with E-state index in [1.807, 2.05) is 25.1 Å². The third-order valence-electron chi connectivity index (χ3n) is 2.80. The van der Waals surface area contributed by atoms with E-state index in [4.69, 9.17) is 10.2 Å². The van der Waals surface area contributed by atoms with Crippen molar-refractivity contribution in [1.82, 2.24) is 10.2 Å². The van der Waals surface area contributed by atoms with Crippen LogP contribution in [0.5, 0.6) is 0 Å². The van der Waals surface area contributed by atoms with Gasteiger partial charge in [-0.25, -0.2) is 4.79 Å². The molecule has 0 aliphatic carbocycles. The highest BCUT2D eigenvalue weighted by atomic mass is 16.3. The van der Waals surface area contributed by atoms with E-state index >= 15 is 0 Å². The van der Waals surface area contributed by atoms with Crippen LogP contribution in [0.2, 0.25) is 0 Å². The number of aliphatic hydroxyl groups excluding tert-OH is 2. The summed E-state index contributed by atoms with van der Waals surface area (Å²) >= 11 is 0. The molecule has 0 fully saturated rings. The monoisotopic (exact) mass is 266 g/mol. The third-order valence-corrected chi connectivity index (χ3v) is 2.80. The van der Waals surface area contributed by atoms with Crippen molar-refractivity contribution in [3.8, 4) is 0 Å². The summed E-state index contributed by atoms with van der Waals surface area (Å²) in [6.45, 7) is 2.83. The summed E-state index contributed by atoms with van der Waals surface area (Å²) in [4.78, 5) is 13.2. The number of carbonyl (C=O) groups is 1.